The van der Waals surface area contributed by atoms with Gasteiger partial charge in [-0.15, -0.1) is 0 Å². The highest BCUT2D eigenvalue weighted by Crippen LogP contribution is 2.24. The molecule has 1 fully saturated rings. The summed E-state index contributed by atoms with van der Waals surface area (Å²) in [4.78, 5) is 0. The van der Waals surface area contributed by atoms with E-state index in [9.17, 15) is 5.11 Å². The second-order valence-electron chi connectivity index (χ2n) is 5.80. The van der Waals surface area contributed by atoms with Crippen LogP contribution in [0.5, 0.6) is 5.75 Å². The minimum absolute atomic E-state index is 0.152. The fourth-order valence-corrected chi connectivity index (χ4v) is 2.74. The highest BCUT2D eigenvalue weighted by molar-refractivity contribution is 5.84. The van der Waals surface area contributed by atoms with Gasteiger partial charge in [-0.25, -0.2) is 0 Å². The monoisotopic (exact) mass is 326 g/mol. The smallest absolute Gasteiger partial charge is 0.158 e. The molecule has 4 nitrogen and oxygen atoms in total. The van der Waals surface area contributed by atoms with Gasteiger partial charge in [0.25, 0.3) is 0 Å². The standard InChI is InChI=1S/C20H22O4/c1-22-18-10-9-15-13-17(8-7-16(15)14-18)19(21)5-4-12-24-20-6-2-3-11-23-20/h7-10,13-14,19-21H,2-3,6,11-12H2,1H3. The number of benzene rings is 2. The quantitative estimate of drug-likeness (QED) is 0.875. The van der Waals surface area contributed by atoms with E-state index < -0.39 is 6.10 Å². The Morgan fingerprint density at radius 1 is 1.21 bits per heavy atom. The zero-order valence-electron chi connectivity index (χ0n) is 13.8. The molecule has 0 saturated carbocycles. The largest absolute Gasteiger partial charge is 0.497 e. The molecule has 2 atom stereocenters. The second-order valence-corrected chi connectivity index (χ2v) is 5.80. The van der Waals surface area contributed by atoms with Crippen LogP contribution in [0, 0.1) is 11.8 Å². The van der Waals surface area contributed by atoms with Crippen LogP contribution in [0.2, 0.25) is 0 Å². The minimum atomic E-state index is -0.827. The number of aliphatic hydroxyl groups is 1. The van der Waals surface area contributed by atoms with E-state index in [-0.39, 0.29) is 12.9 Å². The molecular formula is C20H22O4. The van der Waals surface area contributed by atoms with Gasteiger partial charge in [0.2, 0.25) is 0 Å². The Bertz CT molecular complexity index is 738. The van der Waals surface area contributed by atoms with E-state index in [1.165, 1.54) is 0 Å². The first-order chi connectivity index (χ1) is 11.8. The molecule has 2 aromatic carbocycles. The van der Waals surface area contributed by atoms with E-state index in [0.717, 1.165) is 48.0 Å². The summed E-state index contributed by atoms with van der Waals surface area (Å²) in [7, 11) is 1.65. The van der Waals surface area contributed by atoms with Gasteiger partial charge in [0.1, 0.15) is 18.5 Å². The van der Waals surface area contributed by atoms with Crippen LogP contribution < -0.4 is 4.74 Å². The summed E-state index contributed by atoms with van der Waals surface area (Å²) in [6.07, 6.45) is 2.16. The summed E-state index contributed by atoms with van der Waals surface area (Å²) in [5.41, 5.74) is 0.772. The third-order valence-electron chi connectivity index (χ3n) is 4.11. The number of aliphatic hydroxyl groups excluding tert-OH is 1. The number of methoxy groups -OCH3 is 1. The van der Waals surface area contributed by atoms with E-state index in [4.69, 9.17) is 14.2 Å². The number of ether oxygens (including phenoxy) is 3. The van der Waals surface area contributed by atoms with Crippen LogP contribution in [-0.2, 0) is 9.47 Å². The third-order valence-corrected chi connectivity index (χ3v) is 4.11. The van der Waals surface area contributed by atoms with E-state index >= 15 is 0 Å². The zero-order chi connectivity index (χ0) is 16.8. The van der Waals surface area contributed by atoms with Crippen LogP contribution in [0.4, 0.5) is 0 Å². The molecule has 1 saturated heterocycles. The van der Waals surface area contributed by atoms with Crippen molar-refractivity contribution in [2.45, 2.75) is 31.7 Å². The maximum Gasteiger partial charge on any atom is 0.158 e. The molecular weight excluding hydrogens is 304 g/mol. The zero-order valence-corrected chi connectivity index (χ0v) is 13.8. The Kier molecular flexibility index (Phi) is 5.71. The average molecular weight is 326 g/mol. The van der Waals surface area contributed by atoms with E-state index in [1.807, 2.05) is 36.4 Å². The molecule has 1 heterocycles. The normalized spacial score (nSPS) is 18.7. The predicted molar refractivity (Wildman–Crippen MR) is 92.8 cm³/mol. The molecule has 0 aromatic heterocycles. The van der Waals surface area contributed by atoms with Crippen molar-refractivity contribution in [2.24, 2.45) is 0 Å². The maximum atomic E-state index is 10.2. The molecule has 0 aliphatic carbocycles. The lowest BCUT2D eigenvalue weighted by atomic mass is 10.0. The van der Waals surface area contributed by atoms with Crippen molar-refractivity contribution in [3.8, 4) is 17.6 Å². The highest BCUT2D eigenvalue weighted by atomic mass is 16.7. The van der Waals surface area contributed by atoms with Crippen LogP contribution in [0.1, 0.15) is 30.9 Å². The van der Waals surface area contributed by atoms with Crippen LogP contribution in [-0.4, -0.2) is 31.7 Å². The first kappa shape index (κ1) is 16.8. The van der Waals surface area contributed by atoms with E-state index in [1.54, 1.807) is 7.11 Å². The number of hydrogen-bond acceptors (Lipinski definition) is 4. The number of hydrogen-bond donors (Lipinski definition) is 1. The number of fused-ring (bicyclic) bond motifs is 1. The molecule has 1 aliphatic rings. The Balaban J connectivity index is 1.61. The molecule has 0 spiro atoms. The number of rotatable bonds is 4. The van der Waals surface area contributed by atoms with Crippen molar-refractivity contribution in [1.29, 1.82) is 0 Å². The fourth-order valence-electron chi connectivity index (χ4n) is 2.74. The van der Waals surface area contributed by atoms with Gasteiger partial charge in [0, 0.05) is 6.61 Å². The Morgan fingerprint density at radius 3 is 2.83 bits per heavy atom. The van der Waals surface area contributed by atoms with Gasteiger partial charge >= 0.3 is 0 Å². The van der Waals surface area contributed by atoms with Gasteiger partial charge in [-0.3, -0.25) is 0 Å². The van der Waals surface area contributed by atoms with E-state index in [0.29, 0.717) is 0 Å². The van der Waals surface area contributed by atoms with Crippen LogP contribution in [0.25, 0.3) is 10.8 Å². The maximum absolute atomic E-state index is 10.2. The molecule has 0 radical (unpaired) electrons. The Hall–Kier alpha value is -2.06. The molecule has 4 heteroatoms. The van der Waals surface area contributed by atoms with Gasteiger partial charge in [0.05, 0.1) is 7.11 Å². The SMILES string of the molecule is COc1ccc2cc(C(O)C#CCOC3CCCCO3)ccc2c1. The van der Waals surface area contributed by atoms with Crippen molar-refractivity contribution in [2.75, 3.05) is 20.3 Å². The van der Waals surface area contributed by atoms with E-state index in [2.05, 4.69) is 11.8 Å². The lowest BCUT2D eigenvalue weighted by molar-refractivity contribution is -0.154. The fraction of sp³-hybridized carbons (Fsp3) is 0.400. The van der Waals surface area contributed by atoms with Gasteiger partial charge in [-0.2, -0.15) is 0 Å². The first-order valence-electron chi connectivity index (χ1n) is 8.23. The van der Waals surface area contributed by atoms with Crippen molar-refractivity contribution in [3.63, 3.8) is 0 Å². The summed E-state index contributed by atoms with van der Waals surface area (Å²) >= 11 is 0. The topological polar surface area (TPSA) is 47.9 Å². The molecule has 3 rings (SSSR count). The predicted octanol–water partition coefficient (Wildman–Crippen LogP) is 3.43. The summed E-state index contributed by atoms with van der Waals surface area (Å²) in [5.74, 6) is 6.52. The molecule has 24 heavy (non-hydrogen) atoms. The molecule has 2 aromatic rings. The lowest BCUT2D eigenvalue weighted by Gasteiger charge is -2.21. The third kappa shape index (κ3) is 4.27. The van der Waals surface area contributed by atoms with Crippen molar-refractivity contribution in [3.05, 3.63) is 42.0 Å². The summed E-state index contributed by atoms with van der Waals surface area (Å²) < 4.78 is 16.2. The van der Waals surface area contributed by atoms with Crippen molar-refractivity contribution >= 4 is 10.8 Å². The molecule has 2 unspecified atom stereocenters. The molecule has 0 bridgehead atoms. The second kappa shape index (κ2) is 8.16. The molecule has 126 valence electrons. The molecule has 0 amide bonds. The minimum Gasteiger partial charge on any atom is -0.497 e. The molecule has 1 N–H and O–H groups in total. The van der Waals surface area contributed by atoms with Crippen LogP contribution >= 0.6 is 0 Å². The van der Waals surface area contributed by atoms with Crippen LogP contribution in [0.3, 0.4) is 0 Å². The summed E-state index contributed by atoms with van der Waals surface area (Å²) in [6, 6.07) is 11.6. The van der Waals surface area contributed by atoms with Gasteiger partial charge < -0.3 is 19.3 Å². The average Bonchev–Trinajstić information content (AvgIpc) is 2.65. The van der Waals surface area contributed by atoms with Crippen molar-refractivity contribution < 1.29 is 19.3 Å². The Labute approximate surface area is 142 Å². The van der Waals surface area contributed by atoms with Crippen molar-refractivity contribution in [1.82, 2.24) is 0 Å². The lowest BCUT2D eigenvalue weighted by Crippen LogP contribution is -2.22. The van der Waals surface area contributed by atoms with Gasteiger partial charge in [-0.1, -0.05) is 30.0 Å². The highest BCUT2D eigenvalue weighted by Gasteiger charge is 2.13. The Morgan fingerprint density at radius 2 is 2.04 bits per heavy atom. The molecule has 1 aliphatic heterocycles. The van der Waals surface area contributed by atoms with Gasteiger partial charge in [0.15, 0.2) is 6.29 Å². The van der Waals surface area contributed by atoms with Gasteiger partial charge in [-0.05, 0) is 53.8 Å². The summed E-state index contributed by atoms with van der Waals surface area (Å²) in [5, 5.41) is 12.3. The van der Waals surface area contributed by atoms with Crippen LogP contribution in [0.15, 0.2) is 36.4 Å². The summed E-state index contributed by atoms with van der Waals surface area (Å²) in [6.45, 7) is 1.02. The first-order valence-corrected chi connectivity index (χ1v) is 8.23.